The van der Waals surface area contributed by atoms with E-state index in [1.54, 1.807) is 0 Å². The number of piperidine rings is 1. The summed E-state index contributed by atoms with van der Waals surface area (Å²) < 4.78 is 1.88. The number of nitrogens with one attached hydrogen (secondary N) is 2. The second-order valence-electron chi connectivity index (χ2n) is 14.1. The largest absolute Gasteiger partial charge is 0.481 e. The van der Waals surface area contributed by atoms with Crippen LogP contribution in [0.3, 0.4) is 0 Å². The number of halogens is 1. The Kier molecular flexibility index (Phi) is 11.0. The lowest BCUT2D eigenvalue weighted by molar-refractivity contribution is -0.143. The number of hydrogen-bond acceptors (Lipinski definition) is 8. The van der Waals surface area contributed by atoms with Crippen LogP contribution >= 0.6 is 11.6 Å². The van der Waals surface area contributed by atoms with Crippen LogP contribution in [0.25, 0.3) is 0 Å². The summed E-state index contributed by atoms with van der Waals surface area (Å²) in [6.07, 6.45) is 11.8. The van der Waals surface area contributed by atoms with E-state index in [1.807, 2.05) is 36.1 Å². The van der Waals surface area contributed by atoms with E-state index in [0.717, 1.165) is 104 Å². The number of benzene rings is 1. The molecule has 6 rings (SSSR count). The van der Waals surface area contributed by atoms with Crippen LogP contribution in [0.4, 0.5) is 11.5 Å². The van der Waals surface area contributed by atoms with Crippen molar-refractivity contribution in [3.05, 3.63) is 64.3 Å². The molecule has 10 nitrogen and oxygen atoms in total. The smallest absolute Gasteiger partial charge is 0.306 e. The van der Waals surface area contributed by atoms with E-state index in [1.165, 1.54) is 12.8 Å². The molecule has 2 aliphatic heterocycles. The lowest BCUT2D eigenvalue weighted by Crippen LogP contribution is -2.40. The molecule has 4 heterocycles. The number of aromatic nitrogens is 4. The second kappa shape index (κ2) is 15.3. The maximum absolute atomic E-state index is 11.5. The number of aliphatic carboxylic acids is 1. The van der Waals surface area contributed by atoms with Gasteiger partial charge in [0.1, 0.15) is 11.6 Å². The number of hydrogen-bond donors (Lipinski definition) is 3. The van der Waals surface area contributed by atoms with Crippen molar-refractivity contribution in [2.24, 2.45) is 24.8 Å². The number of rotatable bonds is 12. The van der Waals surface area contributed by atoms with Crippen LogP contribution in [-0.2, 0) is 31.4 Å². The molecule has 0 unspecified atom stereocenters. The fourth-order valence-corrected chi connectivity index (χ4v) is 8.11. The first kappa shape index (κ1) is 33.7. The molecular formula is C36H51ClN8O2. The molecule has 0 amide bonds. The number of aryl methyl sites for hydroxylation is 1. The predicted molar refractivity (Wildman–Crippen MR) is 187 cm³/mol. The van der Waals surface area contributed by atoms with Gasteiger partial charge in [0.15, 0.2) is 0 Å². The van der Waals surface area contributed by atoms with Crippen molar-refractivity contribution < 1.29 is 9.90 Å². The third-order valence-electron chi connectivity index (χ3n) is 10.6. The van der Waals surface area contributed by atoms with Gasteiger partial charge in [-0.05, 0) is 81.5 Å². The van der Waals surface area contributed by atoms with Crippen molar-refractivity contribution in [1.82, 2.24) is 30.0 Å². The summed E-state index contributed by atoms with van der Waals surface area (Å²) in [5.74, 6) is 2.01. The highest BCUT2D eigenvalue weighted by Crippen LogP contribution is 2.34. The van der Waals surface area contributed by atoms with Crippen LogP contribution in [0, 0.1) is 17.8 Å². The third-order valence-corrected chi connectivity index (χ3v) is 10.8. The SMILES string of the molecule is CC[C@@H](NCc1nc2c(c(N[C@@H](CN3CCC[C@H](C)C3)c3cnn(C)c3)n1)CN(c1cccc(Cl)c1)CC2)C1CCC(C(=O)O)CC1. The van der Waals surface area contributed by atoms with E-state index in [4.69, 9.17) is 21.6 Å². The second-order valence-corrected chi connectivity index (χ2v) is 14.5. The summed E-state index contributed by atoms with van der Waals surface area (Å²) >= 11 is 6.40. The molecule has 1 aromatic carbocycles. The van der Waals surface area contributed by atoms with E-state index in [2.05, 4.69) is 51.6 Å². The van der Waals surface area contributed by atoms with E-state index >= 15 is 0 Å². The Morgan fingerprint density at radius 2 is 1.98 bits per heavy atom. The summed E-state index contributed by atoms with van der Waals surface area (Å²) in [4.78, 5) is 26.8. The third kappa shape index (κ3) is 8.45. The molecule has 0 radical (unpaired) electrons. The first-order chi connectivity index (χ1) is 22.7. The van der Waals surface area contributed by atoms with Gasteiger partial charge in [-0.2, -0.15) is 5.10 Å². The van der Waals surface area contributed by atoms with Crippen LogP contribution in [0.15, 0.2) is 36.7 Å². The number of carbonyl (C=O) groups is 1. The van der Waals surface area contributed by atoms with Gasteiger partial charge < -0.3 is 25.5 Å². The summed E-state index contributed by atoms with van der Waals surface area (Å²) in [6, 6.07) is 8.41. The minimum absolute atomic E-state index is 0.0307. The molecular weight excluding hydrogens is 612 g/mol. The summed E-state index contributed by atoms with van der Waals surface area (Å²) in [5.41, 5.74) is 4.50. The van der Waals surface area contributed by atoms with E-state index in [-0.39, 0.29) is 12.0 Å². The zero-order chi connectivity index (χ0) is 32.9. The fourth-order valence-electron chi connectivity index (χ4n) is 7.92. The van der Waals surface area contributed by atoms with Gasteiger partial charge in [-0.3, -0.25) is 9.48 Å². The molecule has 3 aromatic rings. The van der Waals surface area contributed by atoms with Crippen LogP contribution in [0.2, 0.25) is 5.02 Å². The minimum atomic E-state index is -0.653. The number of fused-ring (bicyclic) bond motifs is 1. The van der Waals surface area contributed by atoms with Gasteiger partial charge in [0.2, 0.25) is 0 Å². The van der Waals surface area contributed by atoms with Crippen LogP contribution < -0.4 is 15.5 Å². The predicted octanol–water partition coefficient (Wildman–Crippen LogP) is 6.07. The Morgan fingerprint density at radius 3 is 2.68 bits per heavy atom. The monoisotopic (exact) mass is 662 g/mol. The first-order valence-corrected chi connectivity index (χ1v) is 18.0. The average molecular weight is 663 g/mol. The highest BCUT2D eigenvalue weighted by Gasteiger charge is 2.31. The van der Waals surface area contributed by atoms with Gasteiger partial charge >= 0.3 is 5.97 Å². The summed E-state index contributed by atoms with van der Waals surface area (Å²) in [5, 5.41) is 22.4. The highest BCUT2D eigenvalue weighted by molar-refractivity contribution is 6.30. The van der Waals surface area contributed by atoms with Crippen LogP contribution in [0.5, 0.6) is 0 Å². The van der Waals surface area contributed by atoms with Crippen molar-refractivity contribution in [1.29, 1.82) is 0 Å². The maximum Gasteiger partial charge on any atom is 0.306 e. The van der Waals surface area contributed by atoms with E-state index in [9.17, 15) is 9.90 Å². The van der Waals surface area contributed by atoms with Gasteiger partial charge in [-0.1, -0.05) is 31.5 Å². The van der Waals surface area contributed by atoms with Gasteiger partial charge in [0.25, 0.3) is 0 Å². The maximum atomic E-state index is 11.5. The average Bonchev–Trinajstić information content (AvgIpc) is 3.51. The number of carboxylic acid groups (broad SMARTS) is 1. The molecule has 254 valence electrons. The van der Waals surface area contributed by atoms with Crippen molar-refractivity contribution in [3.63, 3.8) is 0 Å². The molecule has 47 heavy (non-hydrogen) atoms. The molecule has 0 spiro atoms. The normalized spacial score (nSPS) is 23.2. The molecule has 3 atom stereocenters. The Bertz CT molecular complexity index is 1510. The Hall–Kier alpha value is -3.21. The van der Waals surface area contributed by atoms with Crippen molar-refractivity contribution in [2.75, 3.05) is 36.4 Å². The molecule has 1 saturated heterocycles. The summed E-state index contributed by atoms with van der Waals surface area (Å²) in [6.45, 7) is 9.81. The Labute approximate surface area is 284 Å². The number of nitrogens with zero attached hydrogens (tertiary/aromatic N) is 6. The van der Waals surface area contributed by atoms with Gasteiger partial charge in [-0.15, -0.1) is 0 Å². The molecule has 1 aliphatic carbocycles. The summed E-state index contributed by atoms with van der Waals surface area (Å²) in [7, 11) is 1.97. The van der Waals surface area contributed by atoms with Crippen LogP contribution in [0.1, 0.15) is 87.5 Å². The van der Waals surface area contributed by atoms with E-state index < -0.39 is 5.97 Å². The molecule has 11 heteroatoms. The lowest BCUT2D eigenvalue weighted by atomic mass is 9.78. The van der Waals surface area contributed by atoms with Gasteiger partial charge in [0, 0.05) is 73.7 Å². The van der Waals surface area contributed by atoms with E-state index in [0.29, 0.717) is 31.0 Å². The standard InChI is InChI=1S/C36H51ClN8O2/c1-4-31(25-10-12-26(13-11-25)36(46)47)38-19-34-40-32-14-16-45(29-9-5-8-28(37)17-29)22-30(32)35(42-34)41-33(27-18-39-43(3)21-27)23-44-15-6-7-24(2)20-44/h5,8-9,17-18,21,24-26,31,33,38H,4,6-7,10-16,19-20,22-23H2,1-3H3,(H,46,47)(H,40,41,42)/t24-,25?,26?,31+,33-/m0/s1. The van der Waals surface area contributed by atoms with Gasteiger partial charge in [-0.25, -0.2) is 9.97 Å². The quantitative estimate of drug-likeness (QED) is 0.213. The number of likely N-dealkylation sites (tertiary alicyclic amines) is 1. The van der Waals surface area contributed by atoms with Gasteiger partial charge in [0.05, 0.1) is 30.4 Å². The first-order valence-electron chi connectivity index (χ1n) is 17.6. The zero-order valence-corrected chi connectivity index (χ0v) is 28.9. The fraction of sp³-hybridized carbons (Fsp3) is 0.611. The Balaban J connectivity index is 1.26. The van der Waals surface area contributed by atoms with Crippen molar-refractivity contribution in [3.8, 4) is 0 Å². The highest BCUT2D eigenvalue weighted by atomic mass is 35.5. The number of carboxylic acids is 1. The Morgan fingerprint density at radius 1 is 1.15 bits per heavy atom. The molecule has 0 bridgehead atoms. The lowest BCUT2D eigenvalue weighted by Gasteiger charge is -2.35. The van der Waals surface area contributed by atoms with Crippen molar-refractivity contribution >= 4 is 29.1 Å². The molecule has 1 saturated carbocycles. The van der Waals surface area contributed by atoms with Crippen molar-refractivity contribution in [2.45, 2.75) is 90.4 Å². The minimum Gasteiger partial charge on any atom is -0.481 e. The molecule has 2 aromatic heterocycles. The molecule has 2 fully saturated rings. The number of anilines is 2. The topological polar surface area (TPSA) is 111 Å². The van der Waals surface area contributed by atoms with Crippen LogP contribution in [-0.4, -0.2) is 67.9 Å². The zero-order valence-electron chi connectivity index (χ0n) is 28.2. The molecule has 3 N–H and O–H groups in total. The molecule has 3 aliphatic rings.